The van der Waals surface area contributed by atoms with Crippen LogP contribution in [0.25, 0.3) is 0 Å². The fourth-order valence-corrected chi connectivity index (χ4v) is 4.21. The van der Waals surface area contributed by atoms with Crippen molar-refractivity contribution in [2.75, 3.05) is 0 Å². The maximum atomic E-state index is 13.4. The largest absolute Gasteiger partial charge is 0.204 e. The minimum Gasteiger partial charge on any atom is -0.204 e. The molecule has 21 heavy (non-hydrogen) atoms. The lowest BCUT2D eigenvalue weighted by Crippen LogP contribution is -2.23. The predicted molar refractivity (Wildman–Crippen MR) is 82.2 cm³/mol. The van der Waals surface area contributed by atoms with Crippen molar-refractivity contribution in [3.8, 4) is 0 Å². The van der Waals surface area contributed by atoms with Crippen molar-refractivity contribution in [3.63, 3.8) is 0 Å². The number of halogens is 2. The molecule has 0 bridgehead atoms. The Morgan fingerprint density at radius 3 is 2.05 bits per heavy atom. The van der Waals surface area contributed by atoms with E-state index in [1.165, 1.54) is 56.2 Å². The molecule has 2 aliphatic carbocycles. The Labute approximate surface area is 126 Å². The van der Waals surface area contributed by atoms with Crippen molar-refractivity contribution in [2.45, 2.75) is 57.3 Å². The molecule has 114 valence electrons. The minimum atomic E-state index is -0.741. The molecule has 0 N–H and O–H groups in total. The van der Waals surface area contributed by atoms with Crippen LogP contribution in [0.5, 0.6) is 0 Å². The molecule has 1 aromatic carbocycles. The van der Waals surface area contributed by atoms with Crippen LogP contribution in [0.1, 0.15) is 62.8 Å². The molecule has 2 fully saturated rings. The van der Waals surface area contributed by atoms with Gasteiger partial charge in [-0.2, -0.15) is 0 Å². The molecule has 0 aromatic heterocycles. The van der Waals surface area contributed by atoms with Gasteiger partial charge in [-0.15, -0.1) is 0 Å². The summed E-state index contributed by atoms with van der Waals surface area (Å²) in [5.74, 6) is 0.659. The van der Waals surface area contributed by atoms with Crippen molar-refractivity contribution in [2.24, 2.45) is 11.8 Å². The summed E-state index contributed by atoms with van der Waals surface area (Å²) in [6, 6.07) is 4.42. The van der Waals surface area contributed by atoms with Gasteiger partial charge in [-0.05, 0) is 86.8 Å². The van der Waals surface area contributed by atoms with Crippen molar-refractivity contribution in [1.29, 1.82) is 0 Å². The van der Waals surface area contributed by atoms with E-state index in [0.29, 0.717) is 5.92 Å². The van der Waals surface area contributed by atoms with Crippen LogP contribution in [0.3, 0.4) is 0 Å². The van der Waals surface area contributed by atoms with E-state index in [1.807, 2.05) is 0 Å². The van der Waals surface area contributed by atoms with Crippen molar-refractivity contribution >= 4 is 0 Å². The summed E-state index contributed by atoms with van der Waals surface area (Å²) in [6.45, 7) is 4.09. The third-order valence-electron chi connectivity index (χ3n) is 5.59. The zero-order chi connectivity index (χ0) is 14.8. The van der Waals surface area contributed by atoms with Gasteiger partial charge in [-0.25, -0.2) is 8.78 Å². The molecule has 0 atom stereocenters. The number of hydrogen-bond acceptors (Lipinski definition) is 0. The summed E-state index contributed by atoms with van der Waals surface area (Å²) >= 11 is 0. The van der Waals surface area contributed by atoms with Crippen LogP contribution in [-0.4, -0.2) is 0 Å². The normalized spacial score (nSPS) is 27.8. The molecule has 1 aromatic rings. The van der Waals surface area contributed by atoms with Crippen molar-refractivity contribution in [1.82, 2.24) is 0 Å². The molecule has 2 heteroatoms. The van der Waals surface area contributed by atoms with Crippen LogP contribution >= 0.6 is 0 Å². The maximum absolute atomic E-state index is 13.4. The van der Waals surface area contributed by atoms with Gasteiger partial charge < -0.3 is 0 Å². The minimum absolute atomic E-state index is 0.412. The molecule has 3 rings (SSSR count). The fourth-order valence-electron chi connectivity index (χ4n) is 4.21. The van der Waals surface area contributed by atoms with Gasteiger partial charge in [-0.3, -0.25) is 0 Å². The molecule has 2 saturated carbocycles. The molecule has 0 saturated heterocycles. The number of allylic oxidation sites excluding steroid dienone is 1. The van der Waals surface area contributed by atoms with E-state index in [0.717, 1.165) is 30.2 Å². The maximum Gasteiger partial charge on any atom is 0.159 e. The van der Waals surface area contributed by atoms with Gasteiger partial charge in [0.15, 0.2) is 11.6 Å². The first kappa shape index (κ1) is 14.7. The highest BCUT2D eigenvalue weighted by atomic mass is 19.2. The fraction of sp³-hybridized carbons (Fsp3) is 0.579. The molecule has 0 heterocycles. The average molecular weight is 290 g/mol. The van der Waals surface area contributed by atoms with Crippen LogP contribution in [0.15, 0.2) is 30.4 Å². The van der Waals surface area contributed by atoms with E-state index in [9.17, 15) is 8.78 Å². The number of rotatable bonds is 2. The molecule has 0 nitrogen and oxygen atoms in total. The van der Waals surface area contributed by atoms with Gasteiger partial charge in [0.25, 0.3) is 0 Å². The SMILES string of the molecule is C=C1CCC(C2CCC(c3ccc(F)c(F)c3)CC2)CC1. The quantitative estimate of drug-likeness (QED) is 0.587. The lowest BCUT2D eigenvalue weighted by Gasteiger charge is -2.36. The van der Waals surface area contributed by atoms with Crippen LogP contribution in [0, 0.1) is 23.5 Å². The third-order valence-corrected chi connectivity index (χ3v) is 5.59. The second-order valence-electron chi connectivity index (χ2n) is 6.87. The van der Waals surface area contributed by atoms with Crippen molar-refractivity contribution < 1.29 is 8.78 Å². The molecule has 0 spiro atoms. The molecule has 0 radical (unpaired) electrons. The lowest BCUT2D eigenvalue weighted by molar-refractivity contribution is 0.200. The van der Waals surface area contributed by atoms with Crippen LogP contribution in [0.4, 0.5) is 8.78 Å². The highest BCUT2D eigenvalue weighted by Crippen LogP contribution is 2.43. The van der Waals surface area contributed by atoms with Gasteiger partial charge in [-0.1, -0.05) is 18.2 Å². The van der Waals surface area contributed by atoms with Gasteiger partial charge in [0.05, 0.1) is 0 Å². The van der Waals surface area contributed by atoms with E-state index in [-0.39, 0.29) is 0 Å². The monoisotopic (exact) mass is 290 g/mol. The summed E-state index contributed by atoms with van der Waals surface area (Å²) < 4.78 is 26.4. The van der Waals surface area contributed by atoms with Crippen LogP contribution in [0.2, 0.25) is 0 Å². The molecule has 0 unspecified atom stereocenters. The summed E-state index contributed by atoms with van der Waals surface area (Å²) in [4.78, 5) is 0. The predicted octanol–water partition coefficient (Wildman–Crippen LogP) is 5.99. The Balaban J connectivity index is 1.57. The Kier molecular flexibility index (Phi) is 4.42. The smallest absolute Gasteiger partial charge is 0.159 e. The van der Waals surface area contributed by atoms with E-state index in [2.05, 4.69) is 6.58 Å². The Bertz CT molecular complexity index is 502. The average Bonchev–Trinajstić information content (AvgIpc) is 2.51. The second kappa shape index (κ2) is 6.29. The van der Waals surface area contributed by atoms with Gasteiger partial charge in [0, 0.05) is 0 Å². The highest BCUT2D eigenvalue weighted by molar-refractivity contribution is 5.22. The first-order chi connectivity index (χ1) is 10.1. The van der Waals surface area contributed by atoms with Crippen molar-refractivity contribution in [3.05, 3.63) is 47.5 Å². The first-order valence-corrected chi connectivity index (χ1v) is 8.25. The van der Waals surface area contributed by atoms with E-state index < -0.39 is 11.6 Å². The summed E-state index contributed by atoms with van der Waals surface area (Å²) in [5, 5.41) is 0. The summed E-state index contributed by atoms with van der Waals surface area (Å²) in [7, 11) is 0. The van der Waals surface area contributed by atoms with E-state index in [4.69, 9.17) is 0 Å². The zero-order valence-electron chi connectivity index (χ0n) is 12.6. The highest BCUT2D eigenvalue weighted by Gasteiger charge is 2.29. The van der Waals surface area contributed by atoms with E-state index in [1.54, 1.807) is 6.07 Å². The molecule has 0 amide bonds. The standard InChI is InChI=1S/C19H24F2/c1-13-2-4-14(5-3-13)15-6-8-16(9-7-15)17-10-11-18(20)19(21)12-17/h10-12,14-16H,1-9H2. The summed E-state index contributed by atoms with van der Waals surface area (Å²) in [6.07, 6.45) is 9.72. The number of hydrogen-bond donors (Lipinski definition) is 0. The molecule has 2 aliphatic rings. The first-order valence-electron chi connectivity index (χ1n) is 8.25. The van der Waals surface area contributed by atoms with Crippen LogP contribution in [-0.2, 0) is 0 Å². The topological polar surface area (TPSA) is 0 Å². The molecular formula is C19H24F2. The van der Waals surface area contributed by atoms with Gasteiger partial charge in [0.2, 0.25) is 0 Å². The Morgan fingerprint density at radius 2 is 1.43 bits per heavy atom. The summed E-state index contributed by atoms with van der Waals surface area (Å²) in [5.41, 5.74) is 2.39. The second-order valence-corrected chi connectivity index (χ2v) is 6.87. The number of benzene rings is 1. The van der Waals surface area contributed by atoms with Crippen LogP contribution < -0.4 is 0 Å². The van der Waals surface area contributed by atoms with Gasteiger partial charge in [0.1, 0.15) is 0 Å². The van der Waals surface area contributed by atoms with E-state index >= 15 is 0 Å². The lowest BCUT2D eigenvalue weighted by atomic mass is 9.69. The third kappa shape index (κ3) is 3.36. The zero-order valence-corrected chi connectivity index (χ0v) is 12.6. The Morgan fingerprint density at radius 1 is 0.810 bits per heavy atom. The van der Waals surface area contributed by atoms with Gasteiger partial charge >= 0.3 is 0 Å². The molecular weight excluding hydrogens is 266 g/mol. The Hall–Kier alpha value is -1.18. The molecule has 0 aliphatic heterocycles.